The molecule has 27 heavy (non-hydrogen) atoms. The minimum Gasteiger partial charge on any atom is -0.465 e. The summed E-state index contributed by atoms with van der Waals surface area (Å²) in [6.07, 6.45) is 0.647. The van der Waals surface area contributed by atoms with Crippen molar-refractivity contribution in [3.8, 4) is 0 Å². The van der Waals surface area contributed by atoms with Crippen LogP contribution in [0.3, 0.4) is 0 Å². The van der Waals surface area contributed by atoms with E-state index in [-0.39, 0.29) is 10.5 Å². The lowest BCUT2D eigenvalue weighted by Gasteiger charge is -2.10. The molecule has 0 aliphatic carbocycles. The monoisotopic (exact) mass is 454 g/mol. The van der Waals surface area contributed by atoms with Crippen molar-refractivity contribution >= 4 is 37.8 Å². The van der Waals surface area contributed by atoms with Gasteiger partial charge < -0.3 is 10.1 Å². The maximum absolute atomic E-state index is 12.3. The van der Waals surface area contributed by atoms with Gasteiger partial charge in [0, 0.05) is 11.0 Å². The van der Waals surface area contributed by atoms with Gasteiger partial charge in [0.15, 0.2) is 0 Å². The Hall–Kier alpha value is -2.23. The van der Waals surface area contributed by atoms with Gasteiger partial charge in [-0.05, 0) is 46.1 Å². The van der Waals surface area contributed by atoms with Crippen molar-refractivity contribution in [3.63, 3.8) is 0 Å². The van der Waals surface area contributed by atoms with Crippen LogP contribution in [-0.2, 0) is 26.0 Å². The molecule has 2 N–H and O–H groups in total. The third-order valence-corrected chi connectivity index (χ3v) is 5.75. The molecule has 0 heterocycles. The van der Waals surface area contributed by atoms with E-state index in [1.165, 1.54) is 25.3 Å². The van der Waals surface area contributed by atoms with Crippen molar-refractivity contribution in [2.24, 2.45) is 0 Å². The topological polar surface area (TPSA) is 102 Å². The number of rotatable bonds is 8. The first-order valence-electron chi connectivity index (χ1n) is 8.01. The first-order valence-corrected chi connectivity index (χ1v) is 10.3. The van der Waals surface area contributed by atoms with Gasteiger partial charge >= 0.3 is 5.97 Å². The number of methoxy groups -OCH3 is 1. The van der Waals surface area contributed by atoms with E-state index in [9.17, 15) is 18.0 Å². The average Bonchev–Trinajstić information content (AvgIpc) is 2.67. The molecule has 0 saturated carbocycles. The van der Waals surface area contributed by atoms with Crippen LogP contribution in [-0.4, -0.2) is 40.5 Å². The molecule has 2 aromatic rings. The lowest BCUT2D eigenvalue weighted by molar-refractivity contribution is -0.119. The second kappa shape index (κ2) is 9.63. The highest BCUT2D eigenvalue weighted by molar-refractivity contribution is 9.10. The predicted molar refractivity (Wildman–Crippen MR) is 104 cm³/mol. The minimum absolute atomic E-state index is 0.0766. The predicted octanol–water partition coefficient (Wildman–Crippen LogP) is 1.87. The zero-order valence-electron chi connectivity index (χ0n) is 14.6. The minimum atomic E-state index is -3.95. The maximum Gasteiger partial charge on any atom is 0.339 e. The highest BCUT2D eigenvalue weighted by Crippen LogP contribution is 2.21. The van der Waals surface area contributed by atoms with Gasteiger partial charge in [-0.25, -0.2) is 17.9 Å². The average molecular weight is 455 g/mol. The number of hydrogen-bond acceptors (Lipinski definition) is 5. The summed E-state index contributed by atoms with van der Waals surface area (Å²) in [5.74, 6) is -1.11. The molecule has 0 aliphatic heterocycles. The summed E-state index contributed by atoms with van der Waals surface area (Å²) in [7, 11) is -2.75. The Morgan fingerprint density at radius 3 is 2.48 bits per heavy atom. The molecule has 1 amide bonds. The molecule has 0 unspecified atom stereocenters. The van der Waals surface area contributed by atoms with Crippen molar-refractivity contribution in [2.45, 2.75) is 11.3 Å². The van der Waals surface area contributed by atoms with Gasteiger partial charge in [0.1, 0.15) is 0 Å². The number of carbonyl (C=O) groups is 2. The van der Waals surface area contributed by atoms with Crippen LogP contribution in [0.15, 0.2) is 57.9 Å². The SMILES string of the molecule is COC(=O)c1cc(S(=O)(=O)NCC(=O)NCCc2ccccc2)ccc1Br. The third-order valence-electron chi connectivity index (χ3n) is 3.65. The number of esters is 1. The summed E-state index contributed by atoms with van der Waals surface area (Å²) in [4.78, 5) is 23.4. The maximum atomic E-state index is 12.3. The van der Waals surface area contributed by atoms with E-state index in [4.69, 9.17) is 0 Å². The number of benzene rings is 2. The summed E-state index contributed by atoms with van der Waals surface area (Å²) in [6.45, 7) is -0.00388. The fourth-order valence-corrected chi connectivity index (χ4v) is 3.65. The number of carbonyl (C=O) groups excluding carboxylic acids is 2. The molecule has 7 nitrogen and oxygen atoms in total. The fraction of sp³-hybridized carbons (Fsp3) is 0.222. The van der Waals surface area contributed by atoms with Gasteiger partial charge in [-0.3, -0.25) is 4.79 Å². The Bertz CT molecular complexity index is 917. The summed E-state index contributed by atoms with van der Waals surface area (Å²) < 4.78 is 31.9. The molecular weight excluding hydrogens is 436 g/mol. The molecule has 0 saturated heterocycles. The smallest absolute Gasteiger partial charge is 0.339 e. The summed E-state index contributed by atoms with van der Waals surface area (Å²) in [5.41, 5.74) is 1.15. The molecule has 0 bridgehead atoms. The molecule has 2 rings (SSSR count). The van der Waals surface area contributed by atoms with Gasteiger partial charge in [0.2, 0.25) is 15.9 Å². The van der Waals surface area contributed by atoms with E-state index >= 15 is 0 Å². The van der Waals surface area contributed by atoms with Crippen LogP contribution in [0, 0.1) is 0 Å². The molecule has 0 spiro atoms. The number of ether oxygens (including phenoxy) is 1. The second-order valence-corrected chi connectivity index (χ2v) is 8.16. The normalized spacial score (nSPS) is 11.0. The van der Waals surface area contributed by atoms with Gasteiger partial charge in [0.05, 0.1) is 24.1 Å². The third kappa shape index (κ3) is 6.16. The number of nitrogens with one attached hydrogen (secondary N) is 2. The van der Waals surface area contributed by atoms with Crippen LogP contribution in [0.1, 0.15) is 15.9 Å². The molecular formula is C18H19BrN2O5S. The van der Waals surface area contributed by atoms with Gasteiger partial charge in [-0.1, -0.05) is 30.3 Å². The van der Waals surface area contributed by atoms with Gasteiger partial charge in [-0.15, -0.1) is 0 Å². The largest absolute Gasteiger partial charge is 0.465 e. The van der Waals surface area contributed by atoms with Crippen LogP contribution in [0.2, 0.25) is 0 Å². The highest BCUT2D eigenvalue weighted by Gasteiger charge is 2.19. The lowest BCUT2D eigenvalue weighted by Crippen LogP contribution is -2.37. The van der Waals surface area contributed by atoms with E-state index in [2.05, 4.69) is 30.7 Å². The summed E-state index contributed by atoms with van der Waals surface area (Å²) in [5, 5.41) is 2.66. The van der Waals surface area contributed by atoms with Crippen molar-refractivity contribution in [3.05, 3.63) is 64.1 Å². The molecule has 0 aromatic heterocycles. The standard InChI is InChI=1S/C18H19BrN2O5S/c1-26-18(23)15-11-14(7-8-16(15)19)27(24,25)21-12-17(22)20-10-9-13-5-3-2-4-6-13/h2-8,11,21H,9-10,12H2,1H3,(H,20,22). The van der Waals surface area contributed by atoms with Crippen molar-refractivity contribution in [2.75, 3.05) is 20.2 Å². The number of halogens is 1. The van der Waals surface area contributed by atoms with Crippen LogP contribution >= 0.6 is 15.9 Å². The summed E-state index contributed by atoms with van der Waals surface area (Å²) >= 11 is 3.17. The molecule has 0 atom stereocenters. The van der Waals surface area contributed by atoms with E-state index in [0.717, 1.165) is 5.56 Å². The second-order valence-electron chi connectivity index (χ2n) is 5.54. The quantitative estimate of drug-likeness (QED) is 0.592. The zero-order valence-corrected chi connectivity index (χ0v) is 17.0. The van der Waals surface area contributed by atoms with E-state index < -0.39 is 28.4 Å². The Kier molecular flexibility index (Phi) is 7.52. The highest BCUT2D eigenvalue weighted by atomic mass is 79.9. The van der Waals surface area contributed by atoms with E-state index in [1.807, 2.05) is 30.3 Å². The van der Waals surface area contributed by atoms with Crippen LogP contribution < -0.4 is 10.0 Å². The molecule has 2 aromatic carbocycles. The summed E-state index contributed by atoms with van der Waals surface area (Å²) in [6, 6.07) is 13.6. The first kappa shape index (κ1) is 21.1. The van der Waals surface area contributed by atoms with Gasteiger partial charge in [-0.2, -0.15) is 0 Å². The van der Waals surface area contributed by atoms with Gasteiger partial charge in [0.25, 0.3) is 0 Å². The first-order chi connectivity index (χ1) is 12.8. The van der Waals surface area contributed by atoms with Crippen molar-refractivity contribution < 1.29 is 22.7 Å². The Balaban J connectivity index is 1.92. The van der Waals surface area contributed by atoms with Crippen LogP contribution in [0.5, 0.6) is 0 Å². The molecule has 144 valence electrons. The van der Waals surface area contributed by atoms with E-state index in [0.29, 0.717) is 17.4 Å². The lowest BCUT2D eigenvalue weighted by atomic mass is 10.1. The number of sulfonamides is 1. The molecule has 0 fully saturated rings. The Morgan fingerprint density at radius 2 is 1.81 bits per heavy atom. The molecule has 9 heteroatoms. The molecule has 0 radical (unpaired) electrons. The number of hydrogen-bond donors (Lipinski definition) is 2. The Labute approximate surface area is 166 Å². The van der Waals surface area contributed by atoms with E-state index in [1.54, 1.807) is 0 Å². The van der Waals surface area contributed by atoms with Crippen LogP contribution in [0.25, 0.3) is 0 Å². The van der Waals surface area contributed by atoms with Crippen LogP contribution in [0.4, 0.5) is 0 Å². The zero-order chi connectivity index (χ0) is 19.9. The van der Waals surface area contributed by atoms with Crippen molar-refractivity contribution in [1.29, 1.82) is 0 Å². The Morgan fingerprint density at radius 1 is 1.11 bits per heavy atom. The fourth-order valence-electron chi connectivity index (χ4n) is 2.24. The molecule has 0 aliphatic rings. The number of amides is 1. The van der Waals surface area contributed by atoms with Crippen molar-refractivity contribution in [1.82, 2.24) is 10.0 Å².